The highest BCUT2D eigenvalue weighted by Gasteiger charge is 2.35. The molecule has 0 aromatic heterocycles. The summed E-state index contributed by atoms with van der Waals surface area (Å²) in [4.78, 5) is 0. The third-order valence-electron chi connectivity index (χ3n) is 2.43. The monoisotopic (exact) mass is 173 g/mol. The Labute approximate surface area is 73.9 Å². The maximum Gasteiger partial charge on any atom is 0.0955 e. The molecule has 1 aliphatic heterocycles. The van der Waals surface area contributed by atoms with E-state index in [0.29, 0.717) is 5.92 Å². The Kier molecular flexibility index (Phi) is 3.09. The van der Waals surface area contributed by atoms with Crippen LogP contribution in [0.4, 0.5) is 0 Å². The predicted octanol–water partition coefficient (Wildman–Crippen LogP) is 0.508. The van der Waals surface area contributed by atoms with Gasteiger partial charge < -0.3 is 15.6 Å². The highest BCUT2D eigenvalue weighted by molar-refractivity contribution is 4.87. The molecule has 1 aliphatic rings. The zero-order valence-corrected chi connectivity index (χ0v) is 8.03. The molecule has 0 amide bonds. The molecule has 3 heteroatoms. The second-order valence-corrected chi connectivity index (χ2v) is 4.05. The van der Waals surface area contributed by atoms with Gasteiger partial charge in [0, 0.05) is 6.04 Å². The van der Waals surface area contributed by atoms with Gasteiger partial charge in [0.2, 0.25) is 0 Å². The average Bonchev–Trinajstić information content (AvgIpc) is 1.96. The van der Waals surface area contributed by atoms with Gasteiger partial charge in [-0.3, -0.25) is 0 Å². The molecule has 0 aliphatic carbocycles. The standard InChI is InChI=1S/C9H19NO2/c1-5(2)9-8(11)7(10)4-6(3)12-9/h5-9,11H,4,10H2,1-3H3/t6?,7?,8-,9+/m1/s1. The first kappa shape index (κ1) is 9.96. The SMILES string of the molecule is CC1CC(N)[C@@H](O)[C@H](C(C)C)O1. The quantitative estimate of drug-likeness (QED) is 0.607. The first-order valence-electron chi connectivity index (χ1n) is 4.61. The van der Waals surface area contributed by atoms with Crippen LogP contribution in [0.5, 0.6) is 0 Å². The molecule has 0 radical (unpaired) electrons. The largest absolute Gasteiger partial charge is 0.389 e. The Morgan fingerprint density at radius 2 is 2.08 bits per heavy atom. The molecule has 2 unspecified atom stereocenters. The highest BCUT2D eigenvalue weighted by Crippen LogP contribution is 2.23. The number of nitrogens with two attached hydrogens (primary N) is 1. The molecule has 0 aromatic rings. The summed E-state index contributed by atoms with van der Waals surface area (Å²) >= 11 is 0. The number of hydrogen-bond acceptors (Lipinski definition) is 3. The van der Waals surface area contributed by atoms with Crippen LogP contribution in [0.2, 0.25) is 0 Å². The van der Waals surface area contributed by atoms with Crippen LogP contribution in [-0.2, 0) is 4.74 Å². The Hall–Kier alpha value is -0.120. The van der Waals surface area contributed by atoms with Gasteiger partial charge in [0.1, 0.15) is 0 Å². The van der Waals surface area contributed by atoms with Gasteiger partial charge in [-0.1, -0.05) is 13.8 Å². The van der Waals surface area contributed by atoms with E-state index in [4.69, 9.17) is 10.5 Å². The minimum atomic E-state index is -0.499. The van der Waals surface area contributed by atoms with Gasteiger partial charge in [0.25, 0.3) is 0 Å². The van der Waals surface area contributed by atoms with Gasteiger partial charge in [-0.2, -0.15) is 0 Å². The first-order valence-corrected chi connectivity index (χ1v) is 4.61. The second-order valence-electron chi connectivity index (χ2n) is 4.05. The second kappa shape index (κ2) is 3.73. The average molecular weight is 173 g/mol. The normalized spacial score (nSPS) is 43.5. The van der Waals surface area contributed by atoms with E-state index in [2.05, 4.69) is 0 Å². The van der Waals surface area contributed by atoms with Gasteiger partial charge in [0.05, 0.1) is 18.3 Å². The molecule has 4 atom stereocenters. The van der Waals surface area contributed by atoms with Gasteiger partial charge >= 0.3 is 0 Å². The van der Waals surface area contributed by atoms with Crippen molar-refractivity contribution in [1.82, 2.24) is 0 Å². The molecule has 12 heavy (non-hydrogen) atoms. The fourth-order valence-corrected chi connectivity index (χ4v) is 1.72. The molecule has 72 valence electrons. The third-order valence-corrected chi connectivity index (χ3v) is 2.43. The van der Waals surface area contributed by atoms with E-state index >= 15 is 0 Å². The molecule has 3 N–H and O–H groups in total. The van der Waals surface area contributed by atoms with E-state index in [-0.39, 0.29) is 18.2 Å². The highest BCUT2D eigenvalue weighted by atomic mass is 16.5. The molecule has 1 rings (SSSR count). The number of hydrogen-bond donors (Lipinski definition) is 2. The van der Waals surface area contributed by atoms with Crippen molar-refractivity contribution in [2.45, 2.75) is 51.5 Å². The Morgan fingerprint density at radius 3 is 2.58 bits per heavy atom. The maximum atomic E-state index is 9.68. The van der Waals surface area contributed by atoms with Crippen LogP contribution in [0.15, 0.2) is 0 Å². The lowest BCUT2D eigenvalue weighted by Gasteiger charge is -2.38. The van der Waals surface area contributed by atoms with Crippen molar-refractivity contribution in [1.29, 1.82) is 0 Å². The minimum absolute atomic E-state index is 0.0938. The van der Waals surface area contributed by atoms with Crippen LogP contribution < -0.4 is 5.73 Å². The lowest BCUT2D eigenvalue weighted by molar-refractivity contribution is -0.137. The van der Waals surface area contributed by atoms with Crippen LogP contribution in [0.3, 0.4) is 0 Å². The van der Waals surface area contributed by atoms with E-state index in [1.807, 2.05) is 20.8 Å². The zero-order chi connectivity index (χ0) is 9.30. The van der Waals surface area contributed by atoms with E-state index in [0.717, 1.165) is 6.42 Å². The molecule has 0 saturated carbocycles. The summed E-state index contributed by atoms with van der Waals surface area (Å²) in [6, 6.07) is -0.124. The number of rotatable bonds is 1. The summed E-state index contributed by atoms with van der Waals surface area (Å²) < 4.78 is 5.60. The zero-order valence-electron chi connectivity index (χ0n) is 8.03. The van der Waals surface area contributed by atoms with E-state index in [1.54, 1.807) is 0 Å². The smallest absolute Gasteiger partial charge is 0.0955 e. The van der Waals surface area contributed by atoms with Crippen LogP contribution >= 0.6 is 0 Å². The Bertz CT molecular complexity index is 149. The van der Waals surface area contributed by atoms with Gasteiger partial charge in [-0.25, -0.2) is 0 Å². The topological polar surface area (TPSA) is 55.5 Å². The van der Waals surface area contributed by atoms with E-state index in [1.165, 1.54) is 0 Å². The first-order chi connectivity index (χ1) is 5.52. The van der Waals surface area contributed by atoms with Crippen molar-refractivity contribution >= 4 is 0 Å². The fraction of sp³-hybridized carbons (Fsp3) is 1.00. The molecule has 0 aromatic carbocycles. The Morgan fingerprint density at radius 1 is 1.50 bits per heavy atom. The fourth-order valence-electron chi connectivity index (χ4n) is 1.72. The van der Waals surface area contributed by atoms with Gasteiger partial charge in [-0.15, -0.1) is 0 Å². The van der Waals surface area contributed by atoms with Gasteiger partial charge in [-0.05, 0) is 19.3 Å². The number of aliphatic hydroxyl groups excluding tert-OH is 1. The van der Waals surface area contributed by atoms with Crippen molar-refractivity contribution in [3.8, 4) is 0 Å². The molecule has 1 saturated heterocycles. The maximum absolute atomic E-state index is 9.68. The molecular weight excluding hydrogens is 154 g/mol. The molecular formula is C9H19NO2. The van der Waals surface area contributed by atoms with Crippen molar-refractivity contribution < 1.29 is 9.84 Å². The summed E-state index contributed by atoms with van der Waals surface area (Å²) in [6.07, 6.45) is 0.338. The van der Waals surface area contributed by atoms with E-state index < -0.39 is 6.10 Å². The lowest BCUT2D eigenvalue weighted by atomic mass is 9.90. The Balaban J connectivity index is 2.60. The van der Waals surface area contributed by atoms with E-state index in [9.17, 15) is 5.11 Å². The summed E-state index contributed by atoms with van der Waals surface area (Å²) in [7, 11) is 0. The molecule has 0 bridgehead atoms. The molecule has 1 heterocycles. The van der Waals surface area contributed by atoms with Crippen LogP contribution in [0, 0.1) is 5.92 Å². The van der Waals surface area contributed by atoms with Crippen molar-refractivity contribution in [2.75, 3.05) is 0 Å². The van der Waals surface area contributed by atoms with Crippen molar-refractivity contribution in [3.63, 3.8) is 0 Å². The van der Waals surface area contributed by atoms with Crippen molar-refractivity contribution in [3.05, 3.63) is 0 Å². The number of aliphatic hydroxyl groups is 1. The number of ether oxygens (including phenoxy) is 1. The summed E-state index contributed by atoms with van der Waals surface area (Å²) in [6.45, 7) is 6.08. The predicted molar refractivity (Wildman–Crippen MR) is 47.8 cm³/mol. The van der Waals surface area contributed by atoms with Crippen molar-refractivity contribution in [2.24, 2.45) is 11.7 Å². The molecule has 0 spiro atoms. The summed E-state index contributed by atoms with van der Waals surface area (Å²) in [5, 5.41) is 9.68. The summed E-state index contributed by atoms with van der Waals surface area (Å²) in [5.41, 5.74) is 5.77. The van der Waals surface area contributed by atoms with Crippen LogP contribution in [0.25, 0.3) is 0 Å². The van der Waals surface area contributed by atoms with Crippen LogP contribution in [-0.4, -0.2) is 29.5 Å². The van der Waals surface area contributed by atoms with Crippen LogP contribution in [0.1, 0.15) is 27.2 Å². The van der Waals surface area contributed by atoms with Gasteiger partial charge in [0.15, 0.2) is 0 Å². The third kappa shape index (κ3) is 1.97. The minimum Gasteiger partial charge on any atom is -0.389 e. The molecule has 3 nitrogen and oxygen atoms in total. The lowest BCUT2D eigenvalue weighted by Crippen LogP contribution is -2.53. The summed E-state index contributed by atoms with van der Waals surface area (Å²) in [5.74, 6) is 0.328. The molecule has 1 fully saturated rings.